The molecule has 0 bridgehead atoms. The van der Waals surface area contributed by atoms with Gasteiger partial charge >= 0.3 is 0 Å². The molecule has 0 spiro atoms. The van der Waals surface area contributed by atoms with Gasteiger partial charge in [-0.05, 0) is 57.4 Å². The first-order valence-electron chi connectivity index (χ1n) is 8.23. The second-order valence-electron chi connectivity index (χ2n) is 7.41. The van der Waals surface area contributed by atoms with Crippen LogP contribution >= 0.6 is 0 Å². The Morgan fingerprint density at radius 2 is 1.74 bits per heavy atom. The van der Waals surface area contributed by atoms with Gasteiger partial charge in [0, 0.05) is 18.0 Å². The SMILES string of the molecule is CC1CCC(C=O)(CN(C)C2CCCCC2C)CC1. The van der Waals surface area contributed by atoms with Crippen LogP contribution in [0.3, 0.4) is 0 Å². The highest BCUT2D eigenvalue weighted by molar-refractivity contribution is 5.60. The van der Waals surface area contributed by atoms with E-state index in [4.69, 9.17) is 0 Å². The van der Waals surface area contributed by atoms with Crippen LogP contribution in [0.1, 0.15) is 65.2 Å². The molecule has 0 saturated heterocycles. The van der Waals surface area contributed by atoms with Gasteiger partial charge in [0.2, 0.25) is 0 Å². The molecule has 2 aliphatic rings. The van der Waals surface area contributed by atoms with Crippen LogP contribution in [0.2, 0.25) is 0 Å². The number of nitrogens with zero attached hydrogens (tertiary/aromatic N) is 1. The van der Waals surface area contributed by atoms with Gasteiger partial charge in [-0.1, -0.05) is 26.7 Å². The number of rotatable bonds is 4. The summed E-state index contributed by atoms with van der Waals surface area (Å²) >= 11 is 0. The highest BCUT2D eigenvalue weighted by atomic mass is 16.1. The molecular weight excluding hydrogens is 234 g/mol. The first-order valence-corrected chi connectivity index (χ1v) is 8.23. The standard InChI is InChI=1S/C17H31NO/c1-14-8-10-17(13-19,11-9-14)12-18(3)16-7-5-4-6-15(16)2/h13-16H,4-12H2,1-3H3. The number of hydrogen-bond donors (Lipinski definition) is 0. The lowest BCUT2D eigenvalue weighted by Crippen LogP contribution is -2.46. The molecule has 2 nitrogen and oxygen atoms in total. The Morgan fingerprint density at radius 3 is 2.32 bits per heavy atom. The highest BCUT2D eigenvalue weighted by Crippen LogP contribution is 2.39. The molecule has 0 aromatic heterocycles. The van der Waals surface area contributed by atoms with E-state index < -0.39 is 0 Å². The van der Waals surface area contributed by atoms with E-state index in [0.29, 0.717) is 6.04 Å². The van der Waals surface area contributed by atoms with Crippen molar-refractivity contribution in [3.63, 3.8) is 0 Å². The van der Waals surface area contributed by atoms with Gasteiger partial charge in [-0.25, -0.2) is 0 Å². The van der Waals surface area contributed by atoms with Gasteiger partial charge in [-0.15, -0.1) is 0 Å². The summed E-state index contributed by atoms with van der Waals surface area (Å²) in [5.74, 6) is 1.61. The Kier molecular flexibility index (Phi) is 5.05. The average molecular weight is 265 g/mol. The fraction of sp³-hybridized carbons (Fsp3) is 0.941. The van der Waals surface area contributed by atoms with E-state index in [1.807, 2.05) is 0 Å². The zero-order valence-electron chi connectivity index (χ0n) is 13.0. The number of carbonyl (C=O) groups is 1. The molecule has 2 rings (SSSR count). The largest absolute Gasteiger partial charge is 0.303 e. The Morgan fingerprint density at radius 1 is 1.11 bits per heavy atom. The molecule has 0 amide bonds. The molecule has 2 heteroatoms. The van der Waals surface area contributed by atoms with Crippen molar-refractivity contribution in [2.45, 2.75) is 71.3 Å². The fourth-order valence-corrected chi connectivity index (χ4v) is 4.22. The van der Waals surface area contributed by atoms with Crippen LogP contribution in [0, 0.1) is 17.3 Å². The topological polar surface area (TPSA) is 20.3 Å². The second-order valence-corrected chi connectivity index (χ2v) is 7.41. The third-order valence-electron chi connectivity index (χ3n) is 5.72. The number of carbonyl (C=O) groups excluding carboxylic acids is 1. The molecule has 0 aromatic carbocycles. The maximum atomic E-state index is 11.7. The third-order valence-corrected chi connectivity index (χ3v) is 5.72. The fourth-order valence-electron chi connectivity index (χ4n) is 4.22. The molecule has 2 atom stereocenters. The zero-order valence-corrected chi connectivity index (χ0v) is 13.0. The summed E-state index contributed by atoms with van der Waals surface area (Å²) in [7, 11) is 2.25. The van der Waals surface area contributed by atoms with E-state index in [0.717, 1.165) is 31.2 Å². The smallest absolute Gasteiger partial charge is 0.127 e. The van der Waals surface area contributed by atoms with Crippen LogP contribution in [0.4, 0.5) is 0 Å². The monoisotopic (exact) mass is 265 g/mol. The van der Waals surface area contributed by atoms with Crippen LogP contribution in [-0.4, -0.2) is 30.8 Å². The quantitative estimate of drug-likeness (QED) is 0.719. The Hall–Kier alpha value is -0.370. The summed E-state index contributed by atoms with van der Waals surface area (Å²) in [5.41, 5.74) is -0.0432. The van der Waals surface area contributed by atoms with Crippen LogP contribution in [0.25, 0.3) is 0 Å². The predicted octanol–water partition coefficient (Wildman–Crippen LogP) is 3.89. The van der Waals surface area contributed by atoms with Crippen molar-refractivity contribution in [2.24, 2.45) is 17.3 Å². The lowest BCUT2D eigenvalue weighted by Gasteiger charge is -2.43. The van der Waals surface area contributed by atoms with E-state index in [9.17, 15) is 4.79 Å². The molecule has 0 aliphatic heterocycles. The zero-order chi connectivity index (χ0) is 13.9. The van der Waals surface area contributed by atoms with Gasteiger partial charge < -0.3 is 9.69 Å². The molecule has 2 fully saturated rings. The molecule has 0 aromatic rings. The van der Waals surface area contributed by atoms with Gasteiger partial charge in [0.25, 0.3) is 0 Å². The van der Waals surface area contributed by atoms with E-state index >= 15 is 0 Å². The molecular formula is C17H31NO. The maximum absolute atomic E-state index is 11.7. The third kappa shape index (κ3) is 3.59. The van der Waals surface area contributed by atoms with Gasteiger partial charge in [0.05, 0.1) is 0 Å². The molecule has 2 unspecified atom stereocenters. The number of hydrogen-bond acceptors (Lipinski definition) is 2. The summed E-state index contributed by atoms with van der Waals surface area (Å²) in [5, 5.41) is 0. The van der Waals surface area contributed by atoms with Crippen molar-refractivity contribution in [2.75, 3.05) is 13.6 Å². The molecule has 0 heterocycles. The average Bonchev–Trinajstić information content (AvgIpc) is 2.42. The Bertz CT molecular complexity index is 294. The summed E-state index contributed by atoms with van der Waals surface area (Å²) < 4.78 is 0. The van der Waals surface area contributed by atoms with E-state index in [-0.39, 0.29) is 5.41 Å². The summed E-state index contributed by atoms with van der Waals surface area (Å²) in [6, 6.07) is 0.699. The van der Waals surface area contributed by atoms with Gasteiger partial charge in [0.1, 0.15) is 6.29 Å². The van der Waals surface area contributed by atoms with Crippen molar-refractivity contribution >= 4 is 6.29 Å². The number of aldehydes is 1. The predicted molar refractivity (Wildman–Crippen MR) is 80.2 cm³/mol. The first kappa shape index (κ1) is 15.0. The maximum Gasteiger partial charge on any atom is 0.127 e. The van der Waals surface area contributed by atoms with Crippen molar-refractivity contribution in [3.8, 4) is 0 Å². The minimum atomic E-state index is -0.0432. The lowest BCUT2D eigenvalue weighted by molar-refractivity contribution is -0.120. The van der Waals surface area contributed by atoms with Crippen LogP contribution < -0.4 is 0 Å². The van der Waals surface area contributed by atoms with Crippen molar-refractivity contribution in [1.29, 1.82) is 0 Å². The van der Waals surface area contributed by atoms with Gasteiger partial charge in [-0.2, -0.15) is 0 Å². The Balaban J connectivity index is 1.95. The van der Waals surface area contributed by atoms with Crippen molar-refractivity contribution in [3.05, 3.63) is 0 Å². The Labute approximate surface area is 118 Å². The van der Waals surface area contributed by atoms with E-state index in [1.54, 1.807) is 0 Å². The van der Waals surface area contributed by atoms with Gasteiger partial charge in [0.15, 0.2) is 0 Å². The molecule has 0 radical (unpaired) electrons. The van der Waals surface area contributed by atoms with Crippen molar-refractivity contribution in [1.82, 2.24) is 4.90 Å². The van der Waals surface area contributed by atoms with Crippen LogP contribution in [0.5, 0.6) is 0 Å². The minimum Gasteiger partial charge on any atom is -0.303 e. The summed E-state index contributed by atoms with van der Waals surface area (Å²) in [4.78, 5) is 14.2. The molecule has 110 valence electrons. The molecule has 2 aliphatic carbocycles. The van der Waals surface area contributed by atoms with E-state index in [2.05, 4.69) is 25.8 Å². The minimum absolute atomic E-state index is 0.0432. The van der Waals surface area contributed by atoms with Crippen LogP contribution in [0.15, 0.2) is 0 Å². The van der Waals surface area contributed by atoms with Crippen molar-refractivity contribution < 1.29 is 4.79 Å². The highest BCUT2D eigenvalue weighted by Gasteiger charge is 2.37. The molecule has 19 heavy (non-hydrogen) atoms. The van der Waals surface area contributed by atoms with E-state index in [1.165, 1.54) is 44.8 Å². The first-order chi connectivity index (χ1) is 9.06. The lowest BCUT2D eigenvalue weighted by atomic mass is 9.71. The van der Waals surface area contributed by atoms with Gasteiger partial charge in [-0.3, -0.25) is 0 Å². The summed E-state index contributed by atoms with van der Waals surface area (Å²) in [6.45, 7) is 5.69. The van der Waals surface area contributed by atoms with Crippen LogP contribution in [-0.2, 0) is 4.79 Å². The summed E-state index contributed by atoms with van der Waals surface area (Å²) in [6.07, 6.45) is 11.4. The molecule has 0 N–H and O–H groups in total. The molecule has 2 saturated carbocycles. The second kappa shape index (κ2) is 6.39. The normalized spacial score (nSPS) is 40.3.